The molecular weight excluding hydrogens is 321 g/mol. The van der Waals surface area contributed by atoms with Gasteiger partial charge in [0.05, 0.1) is 0 Å². The normalized spacial score (nSPS) is 17.7. The van der Waals surface area contributed by atoms with Crippen LogP contribution in [0.2, 0.25) is 0 Å². The molecule has 1 amide bonds. The molecule has 22 heavy (non-hydrogen) atoms. The number of benzene rings is 1. The first-order valence-corrected chi connectivity index (χ1v) is 7.66. The van der Waals surface area contributed by atoms with Crippen LogP contribution in [0.15, 0.2) is 18.2 Å². The Morgan fingerprint density at radius 1 is 1.09 bits per heavy atom. The third-order valence-electron chi connectivity index (χ3n) is 4.21. The number of nitrogens with zero attached hydrogens (tertiary/aromatic N) is 1. The van der Waals surface area contributed by atoms with Crippen LogP contribution in [0, 0.1) is 0 Å². The highest BCUT2D eigenvalue weighted by Crippen LogP contribution is 2.24. The van der Waals surface area contributed by atoms with Crippen molar-refractivity contribution in [1.29, 1.82) is 0 Å². The molecule has 4 nitrogen and oxygen atoms in total. The molecule has 3 rings (SSSR count). The largest absolute Gasteiger partial charge is 0.326 e. The van der Waals surface area contributed by atoms with Crippen LogP contribution in [0.4, 0.5) is 5.69 Å². The van der Waals surface area contributed by atoms with Crippen LogP contribution in [-0.4, -0.2) is 43.5 Å². The van der Waals surface area contributed by atoms with Crippen LogP contribution >= 0.6 is 24.8 Å². The summed E-state index contributed by atoms with van der Waals surface area (Å²) in [5, 5.41) is 6.33. The van der Waals surface area contributed by atoms with Crippen LogP contribution < -0.4 is 10.6 Å². The van der Waals surface area contributed by atoms with Crippen molar-refractivity contribution in [1.82, 2.24) is 10.2 Å². The molecule has 2 aliphatic heterocycles. The Kier molecular flexibility index (Phi) is 8.18. The summed E-state index contributed by atoms with van der Waals surface area (Å²) < 4.78 is 0. The number of piperazine rings is 1. The number of fused-ring (bicyclic) bond motifs is 1. The average Bonchev–Trinajstić information content (AvgIpc) is 2.48. The number of aryl methyl sites for hydroxylation is 2. The first kappa shape index (κ1) is 19.2. The minimum Gasteiger partial charge on any atom is -0.326 e. The van der Waals surface area contributed by atoms with E-state index in [0.717, 1.165) is 31.6 Å². The van der Waals surface area contributed by atoms with Gasteiger partial charge < -0.3 is 15.5 Å². The van der Waals surface area contributed by atoms with Gasteiger partial charge in [0.1, 0.15) is 0 Å². The lowest BCUT2D eigenvalue weighted by Gasteiger charge is -2.27. The maximum atomic E-state index is 11.3. The van der Waals surface area contributed by atoms with Crippen LogP contribution in [0.3, 0.4) is 0 Å². The lowest BCUT2D eigenvalue weighted by Crippen LogP contribution is -2.43. The minimum atomic E-state index is 0. The molecule has 1 fully saturated rings. The molecule has 1 aromatic carbocycles. The number of carbonyl (C=O) groups excluding carboxylic acids is 1. The van der Waals surface area contributed by atoms with Gasteiger partial charge in [0.25, 0.3) is 0 Å². The van der Waals surface area contributed by atoms with E-state index in [2.05, 4.69) is 33.7 Å². The fourth-order valence-electron chi connectivity index (χ4n) is 3.03. The summed E-state index contributed by atoms with van der Waals surface area (Å²) in [6.07, 6.45) is 3.85. The molecule has 6 heteroatoms. The Morgan fingerprint density at radius 2 is 1.86 bits per heavy atom. The van der Waals surface area contributed by atoms with Gasteiger partial charge in [0.15, 0.2) is 0 Å². The molecule has 0 unspecified atom stereocenters. The van der Waals surface area contributed by atoms with Gasteiger partial charge in [-0.2, -0.15) is 0 Å². The van der Waals surface area contributed by atoms with E-state index in [1.54, 1.807) is 0 Å². The van der Waals surface area contributed by atoms with E-state index in [4.69, 9.17) is 0 Å². The van der Waals surface area contributed by atoms with Crippen molar-refractivity contribution in [3.8, 4) is 0 Å². The van der Waals surface area contributed by atoms with Crippen molar-refractivity contribution in [2.75, 3.05) is 38.0 Å². The van der Waals surface area contributed by atoms with Crippen molar-refractivity contribution in [3.63, 3.8) is 0 Å². The van der Waals surface area contributed by atoms with Crippen molar-refractivity contribution in [2.24, 2.45) is 0 Å². The predicted octanol–water partition coefficient (Wildman–Crippen LogP) is 2.25. The Hall–Kier alpha value is -0.810. The van der Waals surface area contributed by atoms with Gasteiger partial charge in [-0.1, -0.05) is 12.1 Å². The molecule has 0 spiro atoms. The maximum Gasteiger partial charge on any atom is 0.224 e. The zero-order valence-electron chi connectivity index (χ0n) is 12.8. The van der Waals surface area contributed by atoms with Gasteiger partial charge in [-0.15, -0.1) is 24.8 Å². The number of hydrogen-bond donors (Lipinski definition) is 2. The lowest BCUT2D eigenvalue weighted by atomic mass is 9.98. The average molecular weight is 346 g/mol. The molecule has 0 bridgehead atoms. The molecule has 1 aromatic rings. The fraction of sp³-hybridized carbons (Fsp3) is 0.562. The molecule has 0 aromatic heterocycles. The molecule has 124 valence electrons. The van der Waals surface area contributed by atoms with E-state index >= 15 is 0 Å². The van der Waals surface area contributed by atoms with E-state index in [9.17, 15) is 4.79 Å². The number of nitrogens with one attached hydrogen (secondary N) is 2. The topological polar surface area (TPSA) is 44.4 Å². The molecule has 0 atom stereocenters. The summed E-state index contributed by atoms with van der Waals surface area (Å²) in [5.74, 6) is 0.143. The van der Waals surface area contributed by atoms with E-state index in [-0.39, 0.29) is 30.7 Å². The zero-order chi connectivity index (χ0) is 13.8. The van der Waals surface area contributed by atoms with Gasteiger partial charge in [0.2, 0.25) is 5.91 Å². The monoisotopic (exact) mass is 345 g/mol. The second-order valence-electron chi connectivity index (χ2n) is 5.73. The van der Waals surface area contributed by atoms with Crippen molar-refractivity contribution < 1.29 is 4.79 Å². The summed E-state index contributed by atoms with van der Waals surface area (Å²) in [4.78, 5) is 13.9. The maximum absolute atomic E-state index is 11.3. The van der Waals surface area contributed by atoms with Crippen LogP contribution in [0.25, 0.3) is 0 Å². The van der Waals surface area contributed by atoms with E-state index in [1.165, 1.54) is 37.2 Å². The summed E-state index contributed by atoms with van der Waals surface area (Å²) in [7, 11) is 0. The SMILES string of the molecule is Cl.Cl.O=C1CCc2cc(CCCN3CCNCC3)ccc2N1. The lowest BCUT2D eigenvalue weighted by molar-refractivity contribution is -0.116. The number of carbonyl (C=O) groups is 1. The van der Waals surface area contributed by atoms with Crippen LogP contribution in [0.1, 0.15) is 24.0 Å². The number of amides is 1. The number of hydrogen-bond acceptors (Lipinski definition) is 3. The first-order valence-electron chi connectivity index (χ1n) is 7.66. The standard InChI is InChI=1S/C16H23N3O.2ClH/c20-16-6-4-14-12-13(3-5-15(14)18-16)2-1-9-19-10-7-17-8-11-19;;/h3,5,12,17H,1-2,4,6-11H2,(H,18,20);2*1H. The molecule has 0 radical (unpaired) electrons. The van der Waals surface area contributed by atoms with Crippen molar-refractivity contribution in [2.45, 2.75) is 25.7 Å². The zero-order valence-corrected chi connectivity index (χ0v) is 14.4. The Labute approximate surface area is 144 Å². The van der Waals surface area contributed by atoms with Crippen molar-refractivity contribution in [3.05, 3.63) is 29.3 Å². The molecule has 2 heterocycles. The third kappa shape index (κ3) is 5.13. The van der Waals surface area contributed by atoms with Crippen molar-refractivity contribution >= 4 is 36.4 Å². The predicted molar refractivity (Wildman–Crippen MR) is 95.5 cm³/mol. The van der Waals surface area contributed by atoms with E-state index in [0.29, 0.717) is 6.42 Å². The Bertz CT molecular complexity index is 490. The van der Waals surface area contributed by atoms with Gasteiger partial charge in [-0.25, -0.2) is 0 Å². The molecule has 2 aliphatic rings. The van der Waals surface area contributed by atoms with E-state index in [1.807, 2.05) is 0 Å². The highest BCUT2D eigenvalue weighted by Gasteiger charge is 2.14. The molecular formula is C16H25Cl2N3O. The Morgan fingerprint density at radius 3 is 2.64 bits per heavy atom. The third-order valence-corrected chi connectivity index (χ3v) is 4.21. The fourth-order valence-corrected chi connectivity index (χ4v) is 3.03. The molecule has 0 aliphatic carbocycles. The number of rotatable bonds is 4. The van der Waals surface area contributed by atoms with Gasteiger partial charge in [0, 0.05) is 38.3 Å². The highest BCUT2D eigenvalue weighted by atomic mass is 35.5. The van der Waals surface area contributed by atoms with Gasteiger partial charge in [-0.05, 0) is 43.0 Å². The second kappa shape index (κ2) is 9.36. The molecule has 2 N–H and O–H groups in total. The first-order chi connectivity index (χ1) is 9.81. The van der Waals surface area contributed by atoms with Gasteiger partial charge in [-0.3, -0.25) is 4.79 Å². The highest BCUT2D eigenvalue weighted by molar-refractivity contribution is 5.93. The summed E-state index contributed by atoms with van der Waals surface area (Å²) in [6, 6.07) is 6.49. The molecule has 1 saturated heterocycles. The quantitative estimate of drug-likeness (QED) is 0.879. The van der Waals surface area contributed by atoms with Gasteiger partial charge >= 0.3 is 0 Å². The summed E-state index contributed by atoms with van der Waals surface area (Å²) in [5.41, 5.74) is 3.70. The van der Waals surface area contributed by atoms with Crippen LogP contribution in [-0.2, 0) is 17.6 Å². The number of anilines is 1. The second-order valence-corrected chi connectivity index (χ2v) is 5.73. The Balaban J connectivity index is 0.00000121. The number of halogens is 2. The summed E-state index contributed by atoms with van der Waals surface area (Å²) in [6.45, 7) is 5.79. The molecule has 0 saturated carbocycles. The summed E-state index contributed by atoms with van der Waals surface area (Å²) >= 11 is 0. The smallest absolute Gasteiger partial charge is 0.224 e. The van der Waals surface area contributed by atoms with E-state index < -0.39 is 0 Å². The minimum absolute atomic E-state index is 0. The van der Waals surface area contributed by atoms with Crippen LogP contribution in [0.5, 0.6) is 0 Å².